The van der Waals surface area contributed by atoms with Crippen LogP contribution in [-0.4, -0.2) is 20.8 Å². The monoisotopic (exact) mass is 271 g/mol. The summed E-state index contributed by atoms with van der Waals surface area (Å²) in [7, 11) is -0.715. The van der Waals surface area contributed by atoms with Crippen molar-refractivity contribution in [3.05, 3.63) is 0 Å². The van der Waals surface area contributed by atoms with Gasteiger partial charge in [0.2, 0.25) is 0 Å². The van der Waals surface area contributed by atoms with E-state index in [2.05, 4.69) is 20.8 Å². The summed E-state index contributed by atoms with van der Waals surface area (Å²) in [4.78, 5) is 0. The van der Waals surface area contributed by atoms with E-state index in [9.17, 15) is 4.21 Å². The summed E-state index contributed by atoms with van der Waals surface area (Å²) in [6, 6.07) is 0.163. The second-order valence-corrected chi connectivity index (χ2v) is 9.26. The molecular formula is C15H29NOS. The molecule has 0 amide bonds. The number of nitrogens with two attached hydrogens (primary N) is 1. The Bertz CT molecular complexity index is 316. The SMILES string of the molecule is CC1CCCC(S(=O)C2CC(C)(C)CCC2N)C1. The number of hydrogen-bond acceptors (Lipinski definition) is 2. The largest absolute Gasteiger partial charge is 0.327 e. The Balaban J connectivity index is 2.02. The highest BCUT2D eigenvalue weighted by Gasteiger charge is 2.39. The Labute approximate surface area is 115 Å². The van der Waals surface area contributed by atoms with Crippen LogP contribution in [0.15, 0.2) is 0 Å². The number of hydrogen-bond donors (Lipinski definition) is 1. The third-order valence-electron chi connectivity index (χ3n) is 4.90. The maximum Gasteiger partial charge on any atom is 0.0506 e. The van der Waals surface area contributed by atoms with Crippen LogP contribution in [0.4, 0.5) is 0 Å². The minimum atomic E-state index is -0.715. The smallest absolute Gasteiger partial charge is 0.0506 e. The second-order valence-electron chi connectivity index (χ2n) is 7.33. The van der Waals surface area contributed by atoms with E-state index in [1.165, 1.54) is 19.3 Å². The molecule has 5 atom stereocenters. The van der Waals surface area contributed by atoms with Gasteiger partial charge >= 0.3 is 0 Å². The summed E-state index contributed by atoms with van der Waals surface area (Å²) in [5.74, 6) is 0.750. The maximum atomic E-state index is 12.8. The molecule has 0 heterocycles. The first-order valence-electron chi connectivity index (χ1n) is 7.54. The van der Waals surface area contributed by atoms with Crippen molar-refractivity contribution in [2.45, 2.75) is 82.3 Å². The summed E-state index contributed by atoms with van der Waals surface area (Å²) in [5, 5.41) is 0.655. The predicted octanol–water partition coefficient (Wildman–Crippen LogP) is 3.22. The van der Waals surface area contributed by atoms with Crippen LogP contribution in [0.2, 0.25) is 0 Å². The molecule has 2 aliphatic rings. The molecule has 2 N–H and O–H groups in total. The lowest BCUT2D eigenvalue weighted by atomic mass is 9.75. The molecule has 0 bridgehead atoms. The van der Waals surface area contributed by atoms with E-state index in [1.807, 2.05) is 0 Å². The predicted molar refractivity (Wildman–Crippen MR) is 79.0 cm³/mol. The first kappa shape index (κ1) is 14.5. The molecule has 2 nitrogen and oxygen atoms in total. The van der Waals surface area contributed by atoms with Gasteiger partial charge in [0.1, 0.15) is 0 Å². The highest BCUT2D eigenvalue weighted by molar-refractivity contribution is 7.86. The Hall–Kier alpha value is 0.110. The quantitative estimate of drug-likeness (QED) is 0.838. The molecule has 2 saturated carbocycles. The van der Waals surface area contributed by atoms with Gasteiger partial charge in [-0.2, -0.15) is 0 Å². The van der Waals surface area contributed by atoms with Crippen molar-refractivity contribution < 1.29 is 4.21 Å². The molecule has 106 valence electrons. The van der Waals surface area contributed by atoms with Crippen molar-refractivity contribution in [2.24, 2.45) is 17.1 Å². The van der Waals surface area contributed by atoms with Gasteiger partial charge in [-0.3, -0.25) is 4.21 Å². The Morgan fingerprint density at radius 3 is 2.61 bits per heavy atom. The highest BCUT2D eigenvalue weighted by atomic mass is 32.2. The lowest BCUT2D eigenvalue weighted by molar-refractivity contribution is 0.229. The minimum absolute atomic E-state index is 0.163. The standard InChI is InChI=1S/C15H29NOS/c1-11-5-4-6-12(9-11)18(17)14-10-15(2,3)8-7-13(14)16/h11-14H,4-10,16H2,1-3H3. The highest BCUT2D eigenvalue weighted by Crippen LogP contribution is 2.39. The third-order valence-corrected chi connectivity index (χ3v) is 7.10. The van der Waals surface area contributed by atoms with E-state index < -0.39 is 10.8 Å². The molecule has 0 aromatic carbocycles. The van der Waals surface area contributed by atoms with Gasteiger partial charge in [-0.15, -0.1) is 0 Å². The van der Waals surface area contributed by atoms with Gasteiger partial charge < -0.3 is 5.73 Å². The fourth-order valence-corrected chi connectivity index (χ4v) is 6.14. The van der Waals surface area contributed by atoms with Crippen molar-refractivity contribution in [1.82, 2.24) is 0 Å². The van der Waals surface area contributed by atoms with E-state index in [0.717, 1.165) is 31.6 Å². The first-order valence-corrected chi connectivity index (χ1v) is 8.81. The van der Waals surface area contributed by atoms with Crippen LogP contribution >= 0.6 is 0 Å². The van der Waals surface area contributed by atoms with Crippen molar-refractivity contribution in [3.63, 3.8) is 0 Å². The zero-order valence-electron chi connectivity index (χ0n) is 12.2. The fourth-order valence-electron chi connectivity index (χ4n) is 3.63. The molecule has 0 aromatic rings. The zero-order valence-corrected chi connectivity index (χ0v) is 13.0. The first-order chi connectivity index (χ1) is 8.39. The molecule has 0 aliphatic heterocycles. The molecule has 0 spiro atoms. The lowest BCUT2D eigenvalue weighted by Crippen LogP contribution is -2.48. The fraction of sp³-hybridized carbons (Fsp3) is 1.00. The van der Waals surface area contributed by atoms with Crippen molar-refractivity contribution in [1.29, 1.82) is 0 Å². The Kier molecular flexibility index (Phi) is 4.53. The third kappa shape index (κ3) is 3.36. The lowest BCUT2D eigenvalue weighted by Gasteiger charge is -2.40. The Morgan fingerprint density at radius 2 is 1.94 bits per heavy atom. The van der Waals surface area contributed by atoms with Crippen molar-refractivity contribution in [2.75, 3.05) is 0 Å². The minimum Gasteiger partial charge on any atom is -0.327 e. The van der Waals surface area contributed by atoms with Gasteiger partial charge in [-0.1, -0.05) is 33.6 Å². The molecule has 18 heavy (non-hydrogen) atoms. The van der Waals surface area contributed by atoms with Crippen LogP contribution in [-0.2, 0) is 10.8 Å². The van der Waals surface area contributed by atoms with Crippen LogP contribution in [0.25, 0.3) is 0 Å². The summed E-state index contributed by atoms with van der Waals surface area (Å²) in [5.41, 5.74) is 6.58. The van der Waals surface area contributed by atoms with Crippen molar-refractivity contribution >= 4 is 10.8 Å². The molecule has 2 aliphatic carbocycles. The average Bonchev–Trinajstić information content (AvgIpc) is 2.31. The molecule has 0 saturated heterocycles. The zero-order chi connectivity index (χ0) is 13.3. The van der Waals surface area contributed by atoms with Gasteiger partial charge in [0, 0.05) is 22.1 Å². The van der Waals surface area contributed by atoms with E-state index >= 15 is 0 Å². The van der Waals surface area contributed by atoms with Gasteiger partial charge in [0.15, 0.2) is 0 Å². The van der Waals surface area contributed by atoms with Gasteiger partial charge in [-0.05, 0) is 43.4 Å². The normalized spacial score (nSPS) is 42.4. The van der Waals surface area contributed by atoms with Gasteiger partial charge in [0.25, 0.3) is 0 Å². The van der Waals surface area contributed by atoms with E-state index in [0.29, 0.717) is 10.7 Å². The van der Waals surface area contributed by atoms with Crippen LogP contribution in [0.3, 0.4) is 0 Å². The summed E-state index contributed by atoms with van der Waals surface area (Å²) in [6.07, 6.45) is 8.15. The van der Waals surface area contributed by atoms with E-state index in [4.69, 9.17) is 5.73 Å². The molecule has 5 unspecified atom stereocenters. The van der Waals surface area contributed by atoms with Gasteiger partial charge in [0.05, 0.1) is 5.25 Å². The van der Waals surface area contributed by atoms with Crippen LogP contribution in [0.5, 0.6) is 0 Å². The number of rotatable bonds is 2. The maximum absolute atomic E-state index is 12.8. The second kappa shape index (κ2) is 5.62. The summed E-state index contributed by atoms with van der Waals surface area (Å²) >= 11 is 0. The van der Waals surface area contributed by atoms with Crippen molar-refractivity contribution in [3.8, 4) is 0 Å². The molecule has 0 aromatic heterocycles. The van der Waals surface area contributed by atoms with Crippen LogP contribution < -0.4 is 5.73 Å². The topological polar surface area (TPSA) is 43.1 Å². The summed E-state index contributed by atoms with van der Waals surface area (Å²) < 4.78 is 12.8. The van der Waals surface area contributed by atoms with E-state index in [1.54, 1.807) is 0 Å². The van der Waals surface area contributed by atoms with Crippen LogP contribution in [0.1, 0.15) is 65.7 Å². The molecule has 2 fully saturated rings. The van der Waals surface area contributed by atoms with Crippen LogP contribution in [0, 0.1) is 11.3 Å². The van der Waals surface area contributed by atoms with E-state index in [-0.39, 0.29) is 11.3 Å². The molecule has 0 radical (unpaired) electrons. The molecular weight excluding hydrogens is 242 g/mol. The summed E-state index contributed by atoms with van der Waals surface area (Å²) in [6.45, 7) is 6.90. The average molecular weight is 271 g/mol. The Morgan fingerprint density at radius 1 is 1.22 bits per heavy atom. The molecule has 2 rings (SSSR count). The molecule has 3 heteroatoms. The van der Waals surface area contributed by atoms with Gasteiger partial charge in [-0.25, -0.2) is 0 Å².